The lowest BCUT2D eigenvalue weighted by atomic mass is 9.88. The molecule has 0 saturated carbocycles. The Morgan fingerprint density at radius 3 is 2.53 bits per heavy atom. The van der Waals surface area contributed by atoms with E-state index in [9.17, 15) is 5.11 Å². The maximum absolute atomic E-state index is 9.38. The largest absolute Gasteiger partial charge is 0.396 e. The van der Waals surface area contributed by atoms with Crippen molar-refractivity contribution in [3.63, 3.8) is 0 Å². The van der Waals surface area contributed by atoms with Gasteiger partial charge in [0.1, 0.15) is 0 Å². The van der Waals surface area contributed by atoms with Crippen LogP contribution in [0, 0.1) is 12.0 Å². The van der Waals surface area contributed by atoms with Gasteiger partial charge in [-0.3, -0.25) is 0 Å². The molecular formula is C12H23O3. The highest BCUT2D eigenvalue weighted by molar-refractivity contribution is 4.78. The van der Waals surface area contributed by atoms with Gasteiger partial charge in [-0.15, -0.1) is 6.58 Å². The first-order chi connectivity index (χ1) is 7.24. The van der Waals surface area contributed by atoms with Crippen LogP contribution in [-0.4, -0.2) is 31.5 Å². The van der Waals surface area contributed by atoms with Crippen molar-refractivity contribution in [2.24, 2.45) is 5.41 Å². The SMILES string of the molecule is C=CCOCC(CC)(CO)CO[CH]CC. The molecule has 3 nitrogen and oxygen atoms in total. The smallest absolute Gasteiger partial charge is 0.0834 e. The van der Waals surface area contributed by atoms with Crippen LogP contribution in [-0.2, 0) is 9.47 Å². The fraction of sp³-hybridized carbons (Fsp3) is 0.750. The average molecular weight is 215 g/mol. The van der Waals surface area contributed by atoms with Crippen molar-refractivity contribution in [2.75, 3.05) is 26.4 Å². The van der Waals surface area contributed by atoms with Gasteiger partial charge in [-0.05, 0) is 12.8 Å². The minimum absolute atomic E-state index is 0.0815. The molecule has 0 amide bonds. The number of hydrogen-bond donors (Lipinski definition) is 1. The molecule has 0 rings (SSSR count). The zero-order valence-corrected chi connectivity index (χ0v) is 9.87. The summed E-state index contributed by atoms with van der Waals surface area (Å²) in [5, 5.41) is 9.38. The predicted molar refractivity (Wildman–Crippen MR) is 61.4 cm³/mol. The molecule has 0 fully saturated rings. The molecule has 0 aromatic rings. The van der Waals surface area contributed by atoms with E-state index >= 15 is 0 Å². The number of rotatable bonds is 10. The first-order valence-electron chi connectivity index (χ1n) is 5.47. The summed E-state index contributed by atoms with van der Waals surface area (Å²) in [5.74, 6) is 0. The Kier molecular flexibility index (Phi) is 8.67. The summed E-state index contributed by atoms with van der Waals surface area (Å²) < 4.78 is 10.8. The summed E-state index contributed by atoms with van der Waals surface area (Å²) in [5.41, 5.74) is -0.283. The van der Waals surface area contributed by atoms with Gasteiger partial charge in [0, 0.05) is 5.41 Å². The summed E-state index contributed by atoms with van der Waals surface area (Å²) in [4.78, 5) is 0. The highest BCUT2D eigenvalue weighted by atomic mass is 16.5. The Morgan fingerprint density at radius 1 is 1.33 bits per heavy atom. The molecule has 0 aromatic carbocycles. The maximum Gasteiger partial charge on any atom is 0.0834 e. The maximum atomic E-state index is 9.38. The number of aliphatic hydroxyl groups is 1. The number of aliphatic hydroxyl groups excluding tert-OH is 1. The lowest BCUT2D eigenvalue weighted by molar-refractivity contribution is -0.0350. The lowest BCUT2D eigenvalue weighted by Crippen LogP contribution is -2.35. The standard InChI is InChI=1S/C12H23O3/c1-4-7-14-10-12(6-3,9-13)11-15-8-5-2/h4,8,13H,1,5-7,9-11H2,2-3H3. The zero-order chi connectivity index (χ0) is 11.6. The van der Waals surface area contributed by atoms with Crippen LogP contribution in [0.3, 0.4) is 0 Å². The van der Waals surface area contributed by atoms with E-state index in [4.69, 9.17) is 9.47 Å². The molecule has 1 N–H and O–H groups in total. The topological polar surface area (TPSA) is 38.7 Å². The molecule has 0 spiro atoms. The molecule has 15 heavy (non-hydrogen) atoms. The van der Waals surface area contributed by atoms with Gasteiger partial charge >= 0.3 is 0 Å². The molecule has 1 atom stereocenters. The highest BCUT2D eigenvalue weighted by Gasteiger charge is 2.28. The molecule has 3 heteroatoms. The Morgan fingerprint density at radius 2 is 2.07 bits per heavy atom. The minimum Gasteiger partial charge on any atom is -0.396 e. The van der Waals surface area contributed by atoms with Gasteiger partial charge in [-0.2, -0.15) is 0 Å². The Bertz CT molecular complexity index is 153. The van der Waals surface area contributed by atoms with Crippen LogP contribution in [0.5, 0.6) is 0 Å². The Hall–Kier alpha value is -0.380. The van der Waals surface area contributed by atoms with Gasteiger partial charge in [0.2, 0.25) is 0 Å². The molecule has 0 aromatic heterocycles. The predicted octanol–water partition coefficient (Wildman–Crippen LogP) is 2.17. The van der Waals surface area contributed by atoms with E-state index in [2.05, 4.69) is 6.58 Å². The summed E-state index contributed by atoms with van der Waals surface area (Å²) in [6, 6.07) is 0. The Labute approximate surface area is 93.1 Å². The van der Waals surface area contributed by atoms with Gasteiger partial charge in [0.05, 0.1) is 33.0 Å². The molecule has 89 valence electrons. The summed E-state index contributed by atoms with van der Waals surface area (Å²) >= 11 is 0. The van der Waals surface area contributed by atoms with Crippen LogP contribution in [0.2, 0.25) is 0 Å². The first kappa shape index (κ1) is 14.6. The zero-order valence-electron chi connectivity index (χ0n) is 9.87. The number of hydrogen-bond acceptors (Lipinski definition) is 3. The molecule has 0 saturated heterocycles. The van der Waals surface area contributed by atoms with Crippen molar-refractivity contribution < 1.29 is 14.6 Å². The lowest BCUT2D eigenvalue weighted by Gasteiger charge is -2.29. The molecule has 0 bridgehead atoms. The van der Waals surface area contributed by atoms with Crippen LogP contribution >= 0.6 is 0 Å². The fourth-order valence-electron chi connectivity index (χ4n) is 1.16. The van der Waals surface area contributed by atoms with Crippen LogP contribution in [0.25, 0.3) is 0 Å². The van der Waals surface area contributed by atoms with Crippen LogP contribution in [0.4, 0.5) is 0 Å². The van der Waals surface area contributed by atoms with E-state index in [-0.39, 0.29) is 12.0 Å². The average Bonchev–Trinajstić information content (AvgIpc) is 2.28. The van der Waals surface area contributed by atoms with Crippen LogP contribution in [0.15, 0.2) is 12.7 Å². The molecule has 0 aliphatic rings. The normalized spacial score (nSPS) is 14.9. The third-order valence-electron chi connectivity index (χ3n) is 2.40. The highest BCUT2D eigenvalue weighted by Crippen LogP contribution is 2.22. The monoisotopic (exact) mass is 215 g/mol. The van der Waals surface area contributed by atoms with E-state index in [0.29, 0.717) is 19.8 Å². The van der Waals surface area contributed by atoms with Crippen molar-refractivity contribution in [2.45, 2.75) is 26.7 Å². The first-order valence-corrected chi connectivity index (χ1v) is 5.47. The molecule has 1 radical (unpaired) electrons. The summed E-state index contributed by atoms with van der Waals surface area (Å²) in [6.45, 7) is 11.0. The van der Waals surface area contributed by atoms with Crippen LogP contribution in [0.1, 0.15) is 26.7 Å². The van der Waals surface area contributed by atoms with Gasteiger partial charge in [0.25, 0.3) is 0 Å². The van der Waals surface area contributed by atoms with Crippen molar-refractivity contribution in [3.8, 4) is 0 Å². The quantitative estimate of drug-likeness (QED) is 0.448. The molecule has 0 aliphatic carbocycles. The van der Waals surface area contributed by atoms with Crippen molar-refractivity contribution in [1.29, 1.82) is 0 Å². The van der Waals surface area contributed by atoms with Gasteiger partial charge in [-0.25, -0.2) is 0 Å². The fourth-order valence-corrected chi connectivity index (χ4v) is 1.16. The molecule has 1 unspecified atom stereocenters. The molecule has 0 aliphatic heterocycles. The summed E-state index contributed by atoms with van der Waals surface area (Å²) in [6.07, 6.45) is 3.41. The van der Waals surface area contributed by atoms with E-state index in [1.54, 1.807) is 12.7 Å². The second-order valence-electron chi connectivity index (χ2n) is 3.70. The summed E-state index contributed by atoms with van der Waals surface area (Å²) in [7, 11) is 0. The molecular weight excluding hydrogens is 192 g/mol. The third-order valence-corrected chi connectivity index (χ3v) is 2.40. The minimum atomic E-state index is -0.283. The Balaban J connectivity index is 3.98. The van der Waals surface area contributed by atoms with E-state index in [1.807, 2.05) is 13.8 Å². The third kappa shape index (κ3) is 5.92. The van der Waals surface area contributed by atoms with E-state index in [0.717, 1.165) is 12.8 Å². The molecule has 0 heterocycles. The second kappa shape index (κ2) is 8.89. The van der Waals surface area contributed by atoms with Gasteiger partial charge in [0.15, 0.2) is 0 Å². The number of ether oxygens (including phenoxy) is 2. The van der Waals surface area contributed by atoms with Crippen molar-refractivity contribution in [1.82, 2.24) is 0 Å². The van der Waals surface area contributed by atoms with E-state index in [1.165, 1.54) is 0 Å². The van der Waals surface area contributed by atoms with E-state index < -0.39 is 0 Å². The van der Waals surface area contributed by atoms with Gasteiger partial charge in [-0.1, -0.05) is 19.9 Å². The van der Waals surface area contributed by atoms with Crippen molar-refractivity contribution >= 4 is 0 Å². The van der Waals surface area contributed by atoms with Crippen molar-refractivity contribution in [3.05, 3.63) is 19.3 Å². The van der Waals surface area contributed by atoms with Gasteiger partial charge < -0.3 is 14.6 Å². The second-order valence-corrected chi connectivity index (χ2v) is 3.70. The van der Waals surface area contributed by atoms with Crippen LogP contribution < -0.4 is 0 Å².